The SMILES string of the molecule is CC1(C)c2ccccc2-c2ccc(N(c3ccc(-c4cccc5c4Oc4ccccc4C54c5ccccc5-c5ccccc54)cc3)c3ccc4c(c3)C(C)(C)c3ccccc3-4)cc21. The second kappa shape index (κ2) is 12.8. The molecule has 1 spiro atoms. The Bertz CT molecular complexity index is 3230. The molecule has 0 unspecified atom stereocenters. The lowest BCUT2D eigenvalue weighted by molar-refractivity contribution is 0.438. The number of fused-ring (bicyclic) bond motifs is 15. The van der Waals surface area contributed by atoms with Gasteiger partial charge in [0.05, 0.1) is 5.41 Å². The summed E-state index contributed by atoms with van der Waals surface area (Å²) in [5, 5.41) is 0. The van der Waals surface area contributed by atoms with Gasteiger partial charge in [0.1, 0.15) is 11.5 Å². The van der Waals surface area contributed by atoms with E-state index in [1.165, 1.54) is 77.9 Å². The molecule has 0 bridgehead atoms. The third-order valence-corrected chi connectivity index (χ3v) is 15.0. The number of hydrogen-bond donors (Lipinski definition) is 0. The van der Waals surface area contributed by atoms with E-state index in [1.807, 2.05) is 0 Å². The minimum Gasteiger partial charge on any atom is -0.456 e. The molecule has 1 aliphatic heterocycles. The summed E-state index contributed by atoms with van der Waals surface area (Å²) in [6, 6.07) is 74.3. The standard InChI is InChI=1S/C61H45NO/c1-59(2)49-21-9-5-16-43(49)47-34-32-40(36-55(47)59)62(41-33-35-48-44-17-6-10-22-50(44)60(3,4)56(48)37-41)39-30-28-38(29-31-39)42-20-15-26-54-58(42)63-57-27-14-13-25-53(57)61(54)51-23-11-7-18-45(51)46-19-8-12-24-52(46)61/h5-37H,1-4H3. The Morgan fingerprint density at radius 3 is 1.25 bits per heavy atom. The average Bonchev–Trinajstić information content (AvgIpc) is 3.84. The summed E-state index contributed by atoms with van der Waals surface area (Å²) in [4.78, 5) is 2.46. The summed E-state index contributed by atoms with van der Waals surface area (Å²) < 4.78 is 7.06. The number of para-hydroxylation sites is 2. The lowest BCUT2D eigenvalue weighted by atomic mass is 9.65. The van der Waals surface area contributed by atoms with Crippen LogP contribution in [0.1, 0.15) is 72.2 Å². The first-order valence-electron chi connectivity index (χ1n) is 22.3. The maximum absolute atomic E-state index is 7.06. The molecular weight excluding hydrogens is 763 g/mol. The lowest BCUT2D eigenvalue weighted by Crippen LogP contribution is -2.32. The number of nitrogens with zero attached hydrogens (tertiary/aromatic N) is 1. The van der Waals surface area contributed by atoms with Crippen LogP contribution in [-0.2, 0) is 16.2 Å². The zero-order valence-electron chi connectivity index (χ0n) is 35.9. The maximum Gasteiger partial charge on any atom is 0.140 e. The van der Waals surface area contributed by atoms with Gasteiger partial charge in [0.2, 0.25) is 0 Å². The first kappa shape index (κ1) is 36.3. The van der Waals surface area contributed by atoms with E-state index in [4.69, 9.17) is 4.74 Å². The van der Waals surface area contributed by atoms with E-state index in [0.717, 1.165) is 39.7 Å². The van der Waals surface area contributed by atoms with Crippen LogP contribution >= 0.6 is 0 Å². The predicted octanol–water partition coefficient (Wildman–Crippen LogP) is 15.9. The van der Waals surface area contributed by atoms with Gasteiger partial charge in [0, 0.05) is 44.6 Å². The van der Waals surface area contributed by atoms with Gasteiger partial charge in [-0.2, -0.15) is 0 Å². The van der Waals surface area contributed by atoms with Crippen molar-refractivity contribution < 1.29 is 4.74 Å². The van der Waals surface area contributed by atoms with Gasteiger partial charge < -0.3 is 9.64 Å². The van der Waals surface area contributed by atoms with Crippen molar-refractivity contribution in [2.75, 3.05) is 4.90 Å². The molecule has 1 heterocycles. The highest BCUT2D eigenvalue weighted by Gasteiger charge is 2.51. The van der Waals surface area contributed by atoms with Crippen molar-refractivity contribution >= 4 is 17.1 Å². The summed E-state index contributed by atoms with van der Waals surface area (Å²) in [5.41, 5.74) is 23.1. The van der Waals surface area contributed by atoms with Crippen molar-refractivity contribution in [2.45, 2.75) is 43.9 Å². The third-order valence-electron chi connectivity index (χ3n) is 15.0. The van der Waals surface area contributed by atoms with Gasteiger partial charge in [-0.15, -0.1) is 0 Å². The fourth-order valence-corrected chi connectivity index (χ4v) is 12.0. The van der Waals surface area contributed by atoms with Crippen molar-refractivity contribution in [3.63, 3.8) is 0 Å². The van der Waals surface area contributed by atoms with E-state index in [2.05, 4.69) is 233 Å². The van der Waals surface area contributed by atoms with Crippen LogP contribution in [0.25, 0.3) is 44.5 Å². The second-order valence-corrected chi connectivity index (χ2v) is 18.8. The summed E-state index contributed by atoms with van der Waals surface area (Å²) >= 11 is 0. The van der Waals surface area contributed by atoms with Crippen LogP contribution in [0.2, 0.25) is 0 Å². The average molecular weight is 808 g/mol. The quantitative estimate of drug-likeness (QED) is 0.176. The predicted molar refractivity (Wildman–Crippen MR) is 259 cm³/mol. The normalized spacial score (nSPS) is 15.5. The van der Waals surface area contributed by atoms with Crippen molar-refractivity contribution in [3.05, 3.63) is 245 Å². The first-order chi connectivity index (χ1) is 30.8. The molecule has 0 saturated carbocycles. The van der Waals surface area contributed by atoms with E-state index >= 15 is 0 Å². The molecule has 0 saturated heterocycles. The Balaban J connectivity index is 0.974. The lowest BCUT2D eigenvalue weighted by Gasteiger charge is -2.40. The summed E-state index contributed by atoms with van der Waals surface area (Å²) in [5.74, 6) is 1.81. The smallest absolute Gasteiger partial charge is 0.140 e. The third kappa shape index (κ3) is 4.79. The van der Waals surface area contributed by atoms with Gasteiger partial charge in [-0.3, -0.25) is 0 Å². The number of ether oxygens (including phenoxy) is 1. The van der Waals surface area contributed by atoms with Gasteiger partial charge in [0.15, 0.2) is 0 Å². The van der Waals surface area contributed by atoms with Gasteiger partial charge in [-0.25, -0.2) is 0 Å². The van der Waals surface area contributed by atoms with Crippen LogP contribution in [0.15, 0.2) is 200 Å². The fraction of sp³-hybridized carbons (Fsp3) is 0.115. The summed E-state index contributed by atoms with van der Waals surface area (Å²) in [6.45, 7) is 9.46. The summed E-state index contributed by atoms with van der Waals surface area (Å²) in [7, 11) is 0. The monoisotopic (exact) mass is 807 g/mol. The molecule has 0 N–H and O–H groups in total. The minimum atomic E-state index is -0.508. The van der Waals surface area contributed by atoms with E-state index in [-0.39, 0.29) is 10.8 Å². The second-order valence-electron chi connectivity index (χ2n) is 18.8. The molecule has 13 rings (SSSR count). The van der Waals surface area contributed by atoms with Crippen LogP contribution in [0.5, 0.6) is 11.5 Å². The molecule has 0 atom stereocenters. The van der Waals surface area contributed by atoms with E-state index in [1.54, 1.807) is 0 Å². The Hall–Kier alpha value is -7.42. The van der Waals surface area contributed by atoms with Gasteiger partial charge in [-0.05, 0) is 115 Å². The molecule has 0 fully saturated rings. The van der Waals surface area contributed by atoms with Gasteiger partial charge in [0.25, 0.3) is 0 Å². The molecule has 63 heavy (non-hydrogen) atoms. The zero-order chi connectivity index (χ0) is 42.2. The van der Waals surface area contributed by atoms with Crippen molar-refractivity contribution in [3.8, 4) is 56.0 Å². The molecule has 3 aliphatic carbocycles. The number of benzene rings is 9. The van der Waals surface area contributed by atoms with E-state index in [0.29, 0.717) is 0 Å². The highest BCUT2D eigenvalue weighted by Crippen LogP contribution is 2.63. The van der Waals surface area contributed by atoms with Crippen LogP contribution < -0.4 is 9.64 Å². The number of rotatable bonds is 4. The van der Waals surface area contributed by atoms with Crippen molar-refractivity contribution in [1.29, 1.82) is 0 Å². The molecular formula is C61H45NO. The highest BCUT2D eigenvalue weighted by atomic mass is 16.5. The zero-order valence-corrected chi connectivity index (χ0v) is 35.9. The molecule has 0 aromatic heterocycles. The van der Waals surface area contributed by atoms with Crippen LogP contribution in [-0.4, -0.2) is 0 Å². The summed E-state index contributed by atoms with van der Waals surface area (Å²) in [6.07, 6.45) is 0. The van der Waals surface area contributed by atoms with Crippen molar-refractivity contribution in [1.82, 2.24) is 0 Å². The minimum absolute atomic E-state index is 0.123. The largest absolute Gasteiger partial charge is 0.456 e. The Morgan fingerprint density at radius 1 is 0.317 bits per heavy atom. The number of hydrogen-bond acceptors (Lipinski definition) is 2. The molecule has 2 heteroatoms. The molecule has 300 valence electrons. The molecule has 9 aromatic rings. The van der Waals surface area contributed by atoms with Gasteiger partial charge >= 0.3 is 0 Å². The number of anilines is 3. The highest BCUT2D eigenvalue weighted by molar-refractivity contribution is 5.92. The Morgan fingerprint density at radius 2 is 0.714 bits per heavy atom. The van der Waals surface area contributed by atoms with Crippen molar-refractivity contribution in [2.24, 2.45) is 0 Å². The molecule has 0 radical (unpaired) electrons. The molecule has 2 nitrogen and oxygen atoms in total. The fourth-order valence-electron chi connectivity index (χ4n) is 12.0. The first-order valence-corrected chi connectivity index (χ1v) is 22.3. The Kier molecular flexibility index (Phi) is 7.37. The van der Waals surface area contributed by atoms with Crippen LogP contribution in [0, 0.1) is 0 Å². The van der Waals surface area contributed by atoms with Crippen LogP contribution in [0.4, 0.5) is 17.1 Å². The molecule has 0 amide bonds. The van der Waals surface area contributed by atoms with E-state index in [9.17, 15) is 0 Å². The molecule has 4 aliphatic rings. The maximum atomic E-state index is 7.06. The molecule has 9 aromatic carbocycles. The van der Waals surface area contributed by atoms with E-state index < -0.39 is 5.41 Å². The Labute approximate surface area is 369 Å². The van der Waals surface area contributed by atoms with Crippen LogP contribution in [0.3, 0.4) is 0 Å². The topological polar surface area (TPSA) is 12.5 Å². The van der Waals surface area contributed by atoms with Gasteiger partial charge in [-0.1, -0.05) is 185 Å².